The van der Waals surface area contributed by atoms with Crippen molar-refractivity contribution in [3.63, 3.8) is 0 Å². The van der Waals surface area contributed by atoms with Crippen LogP contribution in [-0.2, 0) is 7.05 Å². The summed E-state index contributed by atoms with van der Waals surface area (Å²) in [7, 11) is 2.11. The first-order valence-corrected chi connectivity index (χ1v) is 13.0. The number of benzene rings is 2. The van der Waals surface area contributed by atoms with Crippen molar-refractivity contribution < 1.29 is 0 Å². The van der Waals surface area contributed by atoms with Gasteiger partial charge in [0.1, 0.15) is 15.7 Å². The minimum atomic E-state index is -0.284. The highest BCUT2D eigenvalue weighted by atomic mass is 32.2. The number of nitrogens with zero attached hydrogens (tertiary/aromatic N) is 4. The normalized spacial score (nSPS) is 25.1. The standard InChI is InChI=1S/C28H22N4S2/c1-27-22(30-25(33-27)17-11-6-4-7-12-17)20-19-15-10-16-29-24(19)32(3)21(20)23-28(27,2)34-26(31-23)18-13-8-5-9-14-18/h4-16H,1-3H3. The lowest BCUT2D eigenvalue weighted by Gasteiger charge is -2.42. The van der Waals surface area contributed by atoms with Crippen LogP contribution >= 0.6 is 23.5 Å². The van der Waals surface area contributed by atoms with E-state index in [9.17, 15) is 0 Å². The number of aryl methyl sites for hydroxylation is 1. The first kappa shape index (κ1) is 20.3. The second kappa shape index (κ2) is 6.96. The Morgan fingerprint density at radius 3 is 1.88 bits per heavy atom. The van der Waals surface area contributed by atoms with Crippen LogP contribution in [0.4, 0.5) is 0 Å². The van der Waals surface area contributed by atoms with Gasteiger partial charge in [-0.25, -0.2) is 15.0 Å². The zero-order valence-corrected chi connectivity index (χ0v) is 20.7. The van der Waals surface area contributed by atoms with Crippen LogP contribution in [0.5, 0.6) is 0 Å². The Hall–Kier alpha value is -3.09. The number of aromatic nitrogens is 2. The molecule has 34 heavy (non-hydrogen) atoms. The van der Waals surface area contributed by atoms with Crippen LogP contribution in [0, 0.1) is 0 Å². The molecule has 0 amide bonds. The summed E-state index contributed by atoms with van der Waals surface area (Å²) < 4.78 is 1.65. The highest BCUT2D eigenvalue weighted by molar-refractivity contribution is 8.20. The maximum Gasteiger partial charge on any atom is 0.140 e. The minimum absolute atomic E-state index is 0.282. The average molecular weight is 479 g/mol. The molecule has 0 saturated heterocycles. The quantitative estimate of drug-likeness (QED) is 0.419. The Balaban J connectivity index is 1.62. The molecule has 0 N–H and O–H groups in total. The van der Waals surface area contributed by atoms with Gasteiger partial charge in [0.2, 0.25) is 0 Å². The van der Waals surface area contributed by atoms with Crippen LogP contribution < -0.4 is 10.6 Å². The van der Waals surface area contributed by atoms with E-state index in [1.54, 1.807) is 0 Å². The summed E-state index contributed by atoms with van der Waals surface area (Å²) in [4.78, 5) is 15.4. The van der Waals surface area contributed by atoms with Crippen molar-refractivity contribution in [3.05, 3.63) is 101 Å². The molecule has 3 aliphatic rings. The molecular formula is C28H22N4S2. The number of hydrogen-bond donors (Lipinski definition) is 0. The summed E-state index contributed by atoms with van der Waals surface area (Å²) in [5, 5.41) is 5.60. The maximum atomic E-state index is 5.34. The number of fused-ring (bicyclic) bond motifs is 6. The highest BCUT2D eigenvalue weighted by Crippen LogP contribution is 2.62. The fourth-order valence-electron chi connectivity index (χ4n) is 5.35. The molecule has 2 atom stereocenters. The lowest BCUT2D eigenvalue weighted by Crippen LogP contribution is -2.54. The predicted octanol–water partition coefficient (Wildman–Crippen LogP) is 4.71. The molecule has 0 spiro atoms. The summed E-state index contributed by atoms with van der Waals surface area (Å²) in [5.74, 6) is 0. The molecule has 4 aromatic rings. The molecule has 7 rings (SSSR count). The van der Waals surface area contributed by atoms with Gasteiger partial charge in [0, 0.05) is 35.0 Å². The lowest BCUT2D eigenvalue weighted by atomic mass is 9.83. The van der Waals surface area contributed by atoms with Crippen molar-refractivity contribution in [3.8, 4) is 0 Å². The van der Waals surface area contributed by atoms with Gasteiger partial charge < -0.3 is 4.57 Å². The zero-order chi connectivity index (χ0) is 23.1. The summed E-state index contributed by atoms with van der Waals surface area (Å²) in [6.07, 6.45) is 1.87. The Morgan fingerprint density at radius 1 is 0.706 bits per heavy atom. The fraction of sp³-hybridized carbons (Fsp3) is 0.179. The molecule has 166 valence electrons. The predicted molar refractivity (Wildman–Crippen MR) is 145 cm³/mol. The van der Waals surface area contributed by atoms with E-state index in [-0.39, 0.29) is 9.49 Å². The zero-order valence-electron chi connectivity index (χ0n) is 19.1. The van der Waals surface area contributed by atoms with Crippen LogP contribution in [0.3, 0.4) is 0 Å². The monoisotopic (exact) mass is 478 g/mol. The maximum absolute atomic E-state index is 5.34. The topological polar surface area (TPSA) is 42.5 Å². The van der Waals surface area contributed by atoms with E-state index in [4.69, 9.17) is 15.0 Å². The molecule has 2 aliphatic heterocycles. The van der Waals surface area contributed by atoms with Crippen molar-refractivity contribution >= 4 is 56.0 Å². The van der Waals surface area contributed by atoms with Gasteiger partial charge in [0.25, 0.3) is 0 Å². The molecule has 2 unspecified atom stereocenters. The molecule has 4 heterocycles. The average Bonchev–Trinajstić information content (AvgIpc) is 3.51. The van der Waals surface area contributed by atoms with Crippen molar-refractivity contribution in [2.24, 2.45) is 17.0 Å². The second-order valence-corrected chi connectivity index (χ2v) is 12.0. The minimum Gasteiger partial charge on any atom is -0.327 e. The molecule has 2 aromatic carbocycles. The van der Waals surface area contributed by atoms with Gasteiger partial charge in [-0.3, -0.25) is 0 Å². The summed E-state index contributed by atoms with van der Waals surface area (Å²) in [6.45, 7) is 4.69. The van der Waals surface area contributed by atoms with Gasteiger partial charge in [0.15, 0.2) is 0 Å². The summed E-state index contributed by atoms with van der Waals surface area (Å²) in [6, 6.07) is 25.2. The second-order valence-electron chi connectivity index (χ2n) is 9.19. The first-order chi connectivity index (χ1) is 16.5. The first-order valence-electron chi connectivity index (χ1n) is 11.4. The van der Waals surface area contributed by atoms with Crippen LogP contribution in [-0.4, -0.2) is 29.1 Å². The van der Waals surface area contributed by atoms with E-state index in [2.05, 4.69) is 92.2 Å². The van der Waals surface area contributed by atoms with E-state index in [1.807, 2.05) is 35.8 Å². The molecule has 0 radical (unpaired) electrons. The summed E-state index contributed by atoms with van der Waals surface area (Å²) in [5.41, 5.74) is 5.54. The molecule has 0 bridgehead atoms. The number of pyridine rings is 1. The smallest absolute Gasteiger partial charge is 0.140 e. The fourth-order valence-corrected chi connectivity index (χ4v) is 8.22. The van der Waals surface area contributed by atoms with Crippen LogP contribution in [0.1, 0.15) is 25.0 Å². The van der Waals surface area contributed by atoms with Crippen molar-refractivity contribution in [2.75, 3.05) is 0 Å². The van der Waals surface area contributed by atoms with Crippen molar-refractivity contribution in [2.45, 2.75) is 23.3 Å². The molecular weight excluding hydrogens is 456 g/mol. The molecule has 0 saturated carbocycles. The Bertz CT molecular complexity index is 1690. The largest absolute Gasteiger partial charge is 0.327 e. The van der Waals surface area contributed by atoms with E-state index >= 15 is 0 Å². The van der Waals surface area contributed by atoms with Gasteiger partial charge in [-0.15, -0.1) is 0 Å². The molecule has 0 fully saturated rings. The van der Waals surface area contributed by atoms with Gasteiger partial charge >= 0.3 is 0 Å². The Labute approximate surface area is 206 Å². The SMILES string of the molecule is Cn1c2c(c3cccnc31)=C1N=C(c3ccccc3)SC1(C)C1(C)SC(c3ccccc3)=NC=21. The third-order valence-corrected chi connectivity index (χ3v) is 10.5. The third kappa shape index (κ3) is 2.50. The van der Waals surface area contributed by atoms with E-state index in [0.717, 1.165) is 49.0 Å². The number of rotatable bonds is 2. The molecule has 4 nitrogen and oxygen atoms in total. The van der Waals surface area contributed by atoms with Gasteiger partial charge in [0.05, 0.1) is 26.2 Å². The summed E-state index contributed by atoms with van der Waals surface area (Å²) >= 11 is 3.74. The lowest BCUT2D eigenvalue weighted by molar-refractivity contribution is 0.664. The molecule has 1 aliphatic carbocycles. The van der Waals surface area contributed by atoms with Crippen LogP contribution in [0.2, 0.25) is 0 Å². The van der Waals surface area contributed by atoms with Gasteiger partial charge in [-0.2, -0.15) is 0 Å². The van der Waals surface area contributed by atoms with E-state index in [0.29, 0.717) is 0 Å². The van der Waals surface area contributed by atoms with Gasteiger partial charge in [-0.1, -0.05) is 84.2 Å². The van der Waals surface area contributed by atoms with Crippen molar-refractivity contribution in [1.29, 1.82) is 0 Å². The molecule has 2 aromatic heterocycles. The van der Waals surface area contributed by atoms with E-state index in [1.165, 1.54) is 5.22 Å². The van der Waals surface area contributed by atoms with E-state index < -0.39 is 0 Å². The number of hydrogen-bond acceptors (Lipinski definition) is 5. The number of aliphatic imine (C=N–C) groups is 2. The highest BCUT2D eigenvalue weighted by Gasteiger charge is 2.60. The Morgan fingerprint density at radius 2 is 1.26 bits per heavy atom. The third-order valence-electron chi connectivity index (χ3n) is 7.29. The Kier molecular flexibility index (Phi) is 4.16. The van der Waals surface area contributed by atoms with Crippen LogP contribution in [0.25, 0.3) is 22.4 Å². The molecule has 6 heteroatoms. The van der Waals surface area contributed by atoms with Crippen molar-refractivity contribution in [1.82, 2.24) is 9.55 Å². The van der Waals surface area contributed by atoms with Gasteiger partial charge in [-0.05, 0) is 26.0 Å². The van der Waals surface area contributed by atoms with Crippen LogP contribution in [0.15, 0.2) is 89.0 Å². The number of thioether (sulfide) groups is 2.